The van der Waals surface area contributed by atoms with Gasteiger partial charge >= 0.3 is 0 Å². The minimum absolute atomic E-state index is 0.176. The smallest absolute Gasteiger partial charge is 0.0462 e. The Morgan fingerprint density at radius 2 is 2.00 bits per heavy atom. The summed E-state index contributed by atoms with van der Waals surface area (Å²) in [6, 6.07) is 8.16. The van der Waals surface area contributed by atoms with E-state index >= 15 is 0 Å². The van der Waals surface area contributed by atoms with Gasteiger partial charge in [-0.3, -0.25) is 0 Å². The van der Waals surface area contributed by atoms with E-state index in [2.05, 4.69) is 19.9 Å². The van der Waals surface area contributed by atoms with Crippen molar-refractivity contribution in [2.45, 2.75) is 31.6 Å². The molecule has 84 valence electrons. The maximum Gasteiger partial charge on any atom is 0.0462 e. The first kappa shape index (κ1) is 12.9. The van der Waals surface area contributed by atoms with E-state index in [0.29, 0.717) is 5.25 Å². The van der Waals surface area contributed by atoms with Crippen LogP contribution in [0, 0.1) is 0 Å². The quantitative estimate of drug-likeness (QED) is 0.850. The van der Waals surface area contributed by atoms with Gasteiger partial charge in [-0.1, -0.05) is 43.6 Å². The Balaban J connectivity index is 2.93. The largest absolute Gasteiger partial charge is 0.326 e. The molecule has 0 aliphatic heterocycles. The summed E-state index contributed by atoms with van der Waals surface area (Å²) in [5.74, 6) is 1.06. The maximum absolute atomic E-state index is 6.19. The maximum atomic E-state index is 6.19. The first-order chi connectivity index (χ1) is 7.20. The lowest BCUT2D eigenvalue weighted by molar-refractivity contribution is 0.634. The molecule has 0 radical (unpaired) electrons. The molecule has 1 aromatic carbocycles. The van der Waals surface area contributed by atoms with Crippen molar-refractivity contribution in [1.82, 2.24) is 0 Å². The first-order valence-corrected chi connectivity index (χ1v) is 6.75. The molecule has 0 spiro atoms. The number of thioether (sulfide) groups is 1. The highest BCUT2D eigenvalue weighted by Gasteiger charge is 2.20. The van der Waals surface area contributed by atoms with Gasteiger partial charge in [0, 0.05) is 16.3 Å². The second-order valence-electron chi connectivity index (χ2n) is 3.47. The van der Waals surface area contributed by atoms with Crippen LogP contribution >= 0.6 is 23.4 Å². The Labute approximate surface area is 101 Å². The number of hydrogen-bond acceptors (Lipinski definition) is 2. The molecular weight excluding hydrogens is 226 g/mol. The number of halogens is 1. The number of hydrogen-bond donors (Lipinski definition) is 1. The summed E-state index contributed by atoms with van der Waals surface area (Å²) in [7, 11) is 0. The Kier molecular flexibility index (Phi) is 5.51. The van der Waals surface area contributed by atoms with Gasteiger partial charge in [-0.15, -0.1) is 0 Å². The van der Waals surface area contributed by atoms with E-state index in [9.17, 15) is 0 Å². The second kappa shape index (κ2) is 6.41. The van der Waals surface area contributed by atoms with E-state index in [0.717, 1.165) is 17.2 Å². The Bertz CT molecular complexity index is 303. The molecule has 15 heavy (non-hydrogen) atoms. The van der Waals surface area contributed by atoms with Crippen molar-refractivity contribution in [1.29, 1.82) is 0 Å². The summed E-state index contributed by atoms with van der Waals surface area (Å²) in [4.78, 5) is 0. The molecule has 1 aromatic rings. The monoisotopic (exact) mass is 243 g/mol. The predicted octanol–water partition coefficient (Wildman–Crippen LogP) is 3.87. The molecule has 0 bridgehead atoms. The van der Waals surface area contributed by atoms with Crippen molar-refractivity contribution < 1.29 is 0 Å². The van der Waals surface area contributed by atoms with E-state index in [-0.39, 0.29) is 6.04 Å². The van der Waals surface area contributed by atoms with E-state index in [4.69, 9.17) is 17.3 Å². The van der Waals surface area contributed by atoms with Crippen molar-refractivity contribution in [3.05, 3.63) is 34.9 Å². The average Bonchev–Trinajstić information content (AvgIpc) is 2.26. The van der Waals surface area contributed by atoms with Gasteiger partial charge in [0.25, 0.3) is 0 Å². The highest BCUT2D eigenvalue weighted by Crippen LogP contribution is 2.36. The highest BCUT2D eigenvalue weighted by atomic mass is 35.5. The SMILES string of the molecule is CCSC(c1ccccc1Cl)C(N)CC. The predicted molar refractivity (Wildman–Crippen MR) is 70.6 cm³/mol. The summed E-state index contributed by atoms with van der Waals surface area (Å²) in [6.07, 6.45) is 0.975. The molecule has 0 aromatic heterocycles. The van der Waals surface area contributed by atoms with Gasteiger partial charge in [0.05, 0.1) is 0 Å². The molecule has 2 atom stereocenters. The normalized spacial score (nSPS) is 14.9. The molecule has 2 N–H and O–H groups in total. The number of rotatable bonds is 5. The topological polar surface area (TPSA) is 26.0 Å². The average molecular weight is 244 g/mol. The summed E-state index contributed by atoms with van der Waals surface area (Å²) >= 11 is 8.05. The second-order valence-corrected chi connectivity index (χ2v) is 5.30. The molecule has 1 rings (SSSR count). The zero-order valence-corrected chi connectivity index (χ0v) is 10.8. The van der Waals surface area contributed by atoms with Gasteiger partial charge in [0.15, 0.2) is 0 Å². The minimum atomic E-state index is 0.176. The van der Waals surface area contributed by atoms with Crippen molar-refractivity contribution >= 4 is 23.4 Å². The van der Waals surface area contributed by atoms with Crippen LogP contribution in [0.2, 0.25) is 5.02 Å². The van der Waals surface area contributed by atoms with Crippen molar-refractivity contribution in [3.63, 3.8) is 0 Å². The molecular formula is C12H18ClNS. The van der Waals surface area contributed by atoms with Crippen molar-refractivity contribution in [2.75, 3.05) is 5.75 Å². The van der Waals surface area contributed by atoms with E-state index in [1.165, 1.54) is 5.56 Å². The third-order valence-corrected chi connectivity index (χ3v) is 4.06. The highest BCUT2D eigenvalue weighted by molar-refractivity contribution is 7.99. The fraction of sp³-hybridized carbons (Fsp3) is 0.500. The lowest BCUT2D eigenvalue weighted by Gasteiger charge is -2.23. The number of benzene rings is 1. The van der Waals surface area contributed by atoms with Gasteiger partial charge in [0.1, 0.15) is 0 Å². The molecule has 3 heteroatoms. The Morgan fingerprint density at radius 1 is 1.33 bits per heavy atom. The van der Waals surface area contributed by atoms with E-state index < -0.39 is 0 Å². The third kappa shape index (κ3) is 3.40. The lowest BCUT2D eigenvalue weighted by atomic mass is 10.0. The van der Waals surface area contributed by atoms with Crippen molar-refractivity contribution in [3.8, 4) is 0 Å². The van der Waals surface area contributed by atoms with Gasteiger partial charge in [-0.05, 0) is 23.8 Å². The fourth-order valence-corrected chi connectivity index (χ4v) is 3.05. The zero-order valence-electron chi connectivity index (χ0n) is 9.24. The van der Waals surface area contributed by atoms with Crippen LogP contribution in [0.1, 0.15) is 31.1 Å². The third-order valence-electron chi connectivity index (χ3n) is 2.42. The summed E-state index contributed by atoms with van der Waals surface area (Å²) in [5, 5.41) is 1.14. The minimum Gasteiger partial charge on any atom is -0.326 e. The van der Waals surface area contributed by atoms with Gasteiger partial charge in [0.2, 0.25) is 0 Å². The van der Waals surface area contributed by atoms with Crippen LogP contribution in [-0.4, -0.2) is 11.8 Å². The van der Waals surface area contributed by atoms with Gasteiger partial charge in [-0.25, -0.2) is 0 Å². The standard InChI is InChI=1S/C12H18ClNS/c1-3-11(14)12(15-4-2)9-7-5-6-8-10(9)13/h5-8,11-12H,3-4,14H2,1-2H3. The zero-order chi connectivity index (χ0) is 11.3. The van der Waals surface area contributed by atoms with Crippen LogP contribution in [0.5, 0.6) is 0 Å². The van der Waals surface area contributed by atoms with Crippen LogP contribution in [0.3, 0.4) is 0 Å². The van der Waals surface area contributed by atoms with Crippen LogP contribution in [0.25, 0.3) is 0 Å². The summed E-state index contributed by atoms with van der Waals surface area (Å²) < 4.78 is 0. The van der Waals surface area contributed by atoms with Crippen LogP contribution < -0.4 is 5.73 Å². The lowest BCUT2D eigenvalue weighted by Crippen LogP contribution is -2.26. The summed E-state index contributed by atoms with van der Waals surface area (Å²) in [5.41, 5.74) is 7.29. The molecule has 0 aliphatic carbocycles. The Morgan fingerprint density at radius 3 is 2.53 bits per heavy atom. The van der Waals surface area contributed by atoms with Gasteiger partial charge < -0.3 is 5.73 Å². The molecule has 1 nitrogen and oxygen atoms in total. The fourth-order valence-electron chi connectivity index (χ4n) is 1.54. The summed E-state index contributed by atoms with van der Waals surface area (Å²) in [6.45, 7) is 4.27. The van der Waals surface area contributed by atoms with E-state index in [1.807, 2.05) is 30.0 Å². The molecule has 0 aliphatic rings. The van der Waals surface area contributed by atoms with Crippen molar-refractivity contribution in [2.24, 2.45) is 5.73 Å². The molecule has 0 heterocycles. The molecule has 0 saturated heterocycles. The first-order valence-electron chi connectivity index (χ1n) is 5.32. The molecule has 0 amide bonds. The van der Waals surface area contributed by atoms with Crippen LogP contribution in [-0.2, 0) is 0 Å². The molecule has 2 unspecified atom stereocenters. The molecule has 0 saturated carbocycles. The van der Waals surface area contributed by atoms with E-state index in [1.54, 1.807) is 0 Å². The van der Waals surface area contributed by atoms with Gasteiger partial charge in [-0.2, -0.15) is 11.8 Å². The molecule has 0 fully saturated rings. The van der Waals surface area contributed by atoms with Crippen LogP contribution in [0.15, 0.2) is 24.3 Å². The van der Waals surface area contributed by atoms with Crippen LogP contribution in [0.4, 0.5) is 0 Å². The number of nitrogens with two attached hydrogens (primary N) is 1. The Hall–Kier alpha value is -0.180.